The van der Waals surface area contributed by atoms with Crippen molar-refractivity contribution in [2.75, 3.05) is 0 Å². The van der Waals surface area contributed by atoms with E-state index in [0.29, 0.717) is 24.2 Å². The van der Waals surface area contributed by atoms with Gasteiger partial charge in [-0.25, -0.2) is 0 Å². The Morgan fingerprint density at radius 1 is 1.39 bits per heavy atom. The highest BCUT2D eigenvalue weighted by Gasteiger charge is 2.50. The predicted molar refractivity (Wildman–Crippen MR) is 102 cm³/mol. The maximum atomic E-state index is 10.3. The molecule has 2 aliphatic carbocycles. The Balaban J connectivity index is 2.06. The lowest BCUT2D eigenvalue weighted by Gasteiger charge is -2.44. The lowest BCUT2D eigenvalue weighted by molar-refractivity contribution is 0.0919. The largest absolute Gasteiger partial charge is 0.378 e. The third-order valence-electron chi connectivity index (χ3n) is 6.78. The molecule has 2 rings (SSSR count). The van der Waals surface area contributed by atoms with Gasteiger partial charge in [0.2, 0.25) is 0 Å². The maximum absolute atomic E-state index is 10.3. The van der Waals surface area contributed by atoms with Gasteiger partial charge in [-0.3, -0.25) is 0 Å². The number of fused-ring (bicyclic) bond motifs is 1. The first kappa shape index (κ1) is 19.1. The topological polar surface area (TPSA) is 20.2 Å². The van der Waals surface area contributed by atoms with Crippen molar-refractivity contribution in [1.82, 2.24) is 0 Å². The molecule has 0 bridgehead atoms. The van der Waals surface area contributed by atoms with E-state index in [-0.39, 0.29) is 0 Å². The van der Waals surface area contributed by atoms with Crippen LogP contribution in [0.5, 0.6) is 0 Å². The molecule has 0 amide bonds. The standard InChI is InChI=1S/C21H33BrO/c1-5-21(23,6-2)14-7-9-16(3)18-11-12-19-17(15-22)10-8-13-20(18,19)4/h15-16,18-19,23H,5-6,8-13H2,1-4H3/b17-15+/t16-,18-,19+,20-/m1/s1. The lowest BCUT2D eigenvalue weighted by atomic mass is 9.61. The molecule has 0 aromatic heterocycles. The second-order valence-electron chi connectivity index (χ2n) is 8.00. The molecular weight excluding hydrogens is 348 g/mol. The second-order valence-corrected chi connectivity index (χ2v) is 8.46. The Morgan fingerprint density at radius 3 is 2.70 bits per heavy atom. The van der Waals surface area contributed by atoms with Gasteiger partial charge in [0.25, 0.3) is 0 Å². The quantitative estimate of drug-likeness (QED) is 0.587. The Morgan fingerprint density at radius 2 is 2.09 bits per heavy atom. The molecule has 0 heterocycles. The van der Waals surface area contributed by atoms with E-state index in [0.717, 1.165) is 18.3 Å². The van der Waals surface area contributed by atoms with Crippen LogP contribution in [0.1, 0.15) is 79.1 Å². The Bertz CT molecular complexity index is 494. The average molecular weight is 381 g/mol. The summed E-state index contributed by atoms with van der Waals surface area (Å²) in [6.07, 6.45) is 8.98. The summed E-state index contributed by atoms with van der Waals surface area (Å²) in [6.45, 7) is 8.92. The van der Waals surface area contributed by atoms with Crippen LogP contribution in [-0.4, -0.2) is 10.7 Å². The minimum atomic E-state index is -0.779. The summed E-state index contributed by atoms with van der Waals surface area (Å²) in [6, 6.07) is 0. The number of hydrogen-bond donors (Lipinski definition) is 1. The number of allylic oxidation sites excluding steroid dienone is 1. The van der Waals surface area contributed by atoms with Gasteiger partial charge >= 0.3 is 0 Å². The van der Waals surface area contributed by atoms with E-state index in [4.69, 9.17) is 0 Å². The van der Waals surface area contributed by atoms with Crippen molar-refractivity contribution < 1.29 is 5.11 Å². The molecule has 0 unspecified atom stereocenters. The molecule has 130 valence electrons. The Kier molecular flexibility index (Phi) is 6.42. The van der Waals surface area contributed by atoms with Crippen LogP contribution in [0, 0.1) is 35.0 Å². The lowest BCUT2D eigenvalue weighted by Crippen LogP contribution is -2.35. The third kappa shape index (κ3) is 3.88. The fourth-order valence-corrected chi connectivity index (χ4v) is 5.64. The smallest absolute Gasteiger partial charge is 0.125 e. The average Bonchev–Trinajstić information content (AvgIpc) is 2.91. The minimum absolute atomic E-state index is 0.449. The summed E-state index contributed by atoms with van der Waals surface area (Å²) in [5, 5.41) is 10.3. The van der Waals surface area contributed by atoms with Crippen LogP contribution in [0.15, 0.2) is 10.6 Å². The molecule has 0 radical (unpaired) electrons. The number of aliphatic hydroxyl groups is 1. The molecule has 23 heavy (non-hydrogen) atoms. The summed E-state index contributed by atoms with van der Waals surface area (Å²) in [5.74, 6) is 8.60. The number of hydrogen-bond acceptors (Lipinski definition) is 1. The Labute approximate surface area is 151 Å². The predicted octanol–water partition coefficient (Wildman–Crippen LogP) is 6.06. The van der Waals surface area contributed by atoms with E-state index in [1.54, 1.807) is 5.57 Å². The first-order valence-electron chi connectivity index (χ1n) is 9.41. The molecule has 1 nitrogen and oxygen atoms in total. The fourth-order valence-electron chi connectivity index (χ4n) is 5.09. The monoisotopic (exact) mass is 380 g/mol. The van der Waals surface area contributed by atoms with Crippen molar-refractivity contribution in [3.63, 3.8) is 0 Å². The summed E-state index contributed by atoms with van der Waals surface area (Å²) in [4.78, 5) is 2.20. The first-order chi connectivity index (χ1) is 10.9. The number of halogens is 1. The van der Waals surface area contributed by atoms with Gasteiger partial charge in [0.15, 0.2) is 0 Å². The van der Waals surface area contributed by atoms with Crippen LogP contribution in [0.25, 0.3) is 0 Å². The van der Waals surface area contributed by atoms with E-state index in [1.165, 1.54) is 32.1 Å². The highest BCUT2D eigenvalue weighted by molar-refractivity contribution is 9.11. The molecule has 0 saturated heterocycles. The van der Waals surface area contributed by atoms with Crippen molar-refractivity contribution in [3.05, 3.63) is 10.6 Å². The van der Waals surface area contributed by atoms with E-state index in [1.807, 2.05) is 13.8 Å². The molecular formula is C21H33BrO. The molecule has 1 N–H and O–H groups in total. The Hall–Kier alpha value is -0.260. The van der Waals surface area contributed by atoms with Crippen LogP contribution >= 0.6 is 15.9 Å². The van der Waals surface area contributed by atoms with Gasteiger partial charge in [0.1, 0.15) is 5.60 Å². The minimum Gasteiger partial charge on any atom is -0.378 e. The van der Waals surface area contributed by atoms with Crippen LogP contribution in [0.2, 0.25) is 0 Å². The van der Waals surface area contributed by atoms with Gasteiger partial charge in [0.05, 0.1) is 0 Å². The van der Waals surface area contributed by atoms with Gasteiger partial charge in [-0.2, -0.15) is 0 Å². The van der Waals surface area contributed by atoms with Crippen molar-refractivity contribution in [1.29, 1.82) is 0 Å². The van der Waals surface area contributed by atoms with Crippen molar-refractivity contribution in [2.45, 2.75) is 84.7 Å². The normalized spacial score (nSPS) is 33.9. The molecule has 0 aromatic carbocycles. The molecule has 2 heteroatoms. The second kappa shape index (κ2) is 7.75. The van der Waals surface area contributed by atoms with E-state index >= 15 is 0 Å². The van der Waals surface area contributed by atoms with E-state index in [9.17, 15) is 5.11 Å². The summed E-state index contributed by atoms with van der Waals surface area (Å²) in [5.41, 5.74) is 1.30. The van der Waals surface area contributed by atoms with Gasteiger partial charge in [-0.15, -0.1) is 0 Å². The highest BCUT2D eigenvalue weighted by atomic mass is 79.9. The van der Waals surface area contributed by atoms with E-state index < -0.39 is 5.60 Å². The number of rotatable bonds is 4. The van der Waals surface area contributed by atoms with Crippen LogP contribution in [0.3, 0.4) is 0 Å². The summed E-state index contributed by atoms with van der Waals surface area (Å²) >= 11 is 3.60. The fraction of sp³-hybridized carbons (Fsp3) is 0.810. The van der Waals surface area contributed by atoms with Crippen LogP contribution in [-0.2, 0) is 0 Å². The van der Waals surface area contributed by atoms with Crippen molar-refractivity contribution in [3.8, 4) is 11.8 Å². The molecule has 2 saturated carbocycles. The zero-order chi connectivity index (χ0) is 17.1. The molecule has 0 aromatic rings. The summed E-state index contributed by atoms with van der Waals surface area (Å²) in [7, 11) is 0. The summed E-state index contributed by atoms with van der Waals surface area (Å²) < 4.78 is 0. The molecule has 2 aliphatic rings. The molecule has 0 spiro atoms. The van der Waals surface area contributed by atoms with Gasteiger partial charge in [-0.1, -0.05) is 61.0 Å². The molecule has 4 atom stereocenters. The third-order valence-corrected chi connectivity index (χ3v) is 7.37. The SMILES string of the molecule is CCC(O)(C#CC[C@@H](C)[C@H]1CC[C@H]2/C(=C/Br)CCC[C@]12C)CC. The zero-order valence-electron chi connectivity index (χ0n) is 15.3. The van der Waals surface area contributed by atoms with Crippen molar-refractivity contribution in [2.24, 2.45) is 23.2 Å². The zero-order valence-corrected chi connectivity index (χ0v) is 16.9. The van der Waals surface area contributed by atoms with Crippen molar-refractivity contribution >= 4 is 15.9 Å². The first-order valence-corrected chi connectivity index (χ1v) is 10.3. The molecule has 0 aliphatic heterocycles. The van der Waals surface area contributed by atoms with E-state index in [2.05, 4.69) is 46.6 Å². The van der Waals surface area contributed by atoms with Gasteiger partial charge in [-0.05, 0) is 73.1 Å². The van der Waals surface area contributed by atoms with Gasteiger partial charge in [0, 0.05) is 6.42 Å². The maximum Gasteiger partial charge on any atom is 0.125 e. The highest BCUT2D eigenvalue weighted by Crippen LogP contribution is 2.59. The van der Waals surface area contributed by atoms with Gasteiger partial charge < -0.3 is 5.11 Å². The van der Waals surface area contributed by atoms with Crippen LogP contribution in [0.4, 0.5) is 0 Å². The van der Waals surface area contributed by atoms with Crippen LogP contribution < -0.4 is 0 Å². The molecule has 2 fully saturated rings.